The van der Waals surface area contributed by atoms with Crippen LogP contribution in [0, 0.1) is 5.92 Å². The number of para-hydroxylation sites is 1. The fraction of sp³-hybridized carbons (Fsp3) is 0.294. The molecule has 0 spiro atoms. The molecule has 3 nitrogen and oxygen atoms in total. The second kappa shape index (κ2) is 5.92. The first-order valence-corrected chi connectivity index (χ1v) is 7.42. The summed E-state index contributed by atoms with van der Waals surface area (Å²) in [5.41, 5.74) is 4.20. The predicted molar refractivity (Wildman–Crippen MR) is 86.6 cm³/mol. The van der Waals surface area contributed by atoms with E-state index in [-0.39, 0.29) is 0 Å². The van der Waals surface area contributed by atoms with E-state index < -0.39 is 7.12 Å². The molecule has 0 saturated carbocycles. The van der Waals surface area contributed by atoms with Crippen LogP contribution in [0.5, 0.6) is 0 Å². The van der Waals surface area contributed by atoms with Gasteiger partial charge in [0.15, 0.2) is 0 Å². The largest absolute Gasteiger partial charge is 0.488 e. The molecule has 2 aromatic rings. The summed E-state index contributed by atoms with van der Waals surface area (Å²) in [6, 6.07) is 16.0. The molecular formula is C17H20BNO2. The number of hydrogen-bond acceptors (Lipinski definition) is 3. The Morgan fingerprint density at radius 3 is 2.62 bits per heavy atom. The lowest BCUT2D eigenvalue weighted by molar-refractivity contribution is 0.425. The van der Waals surface area contributed by atoms with Gasteiger partial charge in [0.1, 0.15) is 0 Å². The summed E-state index contributed by atoms with van der Waals surface area (Å²) >= 11 is 0. The summed E-state index contributed by atoms with van der Waals surface area (Å²) in [4.78, 5) is 2.34. The van der Waals surface area contributed by atoms with Gasteiger partial charge in [-0.1, -0.05) is 49.4 Å². The van der Waals surface area contributed by atoms with E-state index in [1.165, 1.54) is 11.3 Å². The van der Waals surface area contributed by atoms with Gasteiger partial charge in [0, 0.05) is 18.8 Å². The van der Waals surface area contributed by atoms with Crippen molar-refractivity contribution in [3.63, 3.8) is 0 Å². The molecule has 2 aromatic carbocycles. The van der Waals surface area contributed by atoms with Crippen molar-refractivity contribution < 1.29 is 10.0 Å². The molecule has 0 saturated heterocycles. The van der Waals surface area contributed by atoms with Crippen molar-refractivity contribution in [2.75, 3.05) is 11.4 Å². The second-order valence-corrected chi connectivity index (χ2v) is 5.89. The van der Waals surface area contributed by atoms with Crippen LogP contribution in [0.3, 0.4) is 0 Å². The number of nitrogens with zero attached hydrogens (tertiary/aromatic N) is 1. The minimum absolute atomic E-state index is 0.591. The highest BCUT2D eigenvalue weighted by molar-refractivity contribution is 6.59. The molecule has 1 atom stereocenters. The molecule has 0 fully saturated rings. The van der Waals surface area contributed by atoms with Crippen molar-refractivity contribution >= 4 is 18.3 Å². The molecule has 1 unspecified atom stereocenters. The van der Waals surface area contributed by atoms with Gasteiger partial charge < -0.3 is 14.9 Å². The van der Waals surface area contributed by atoms with Gasteiger partial charge in [-0.2, -0.15) is 0 Å². The van der Waals surface area contributed by atoms with Crippen LogP contribution in [0.15, 0.2) is 48.5 Å². The Morgan fingerprint density at radius 1 is 1.10 bits per heavy atom. The maximum Gasteiger partial charge on any atom is 0.488 e. The Kier molecular flexibility index (Phi) is 4.00. The van der Waals surface area contributed by atoms with Crippen molar-refractivity contribution in [3.8, 4) is 0 Å². The summed E-state index contributed by atoms with van der Waals surface area (Å²) in [5.74, 6) is 0.603. The van der Waals surface area contributed by atoms with E-state index in [2.05, 4.69) is 36.1 Å². The van der Waals surface area contributed by atoms with Crippen LogP contribution >= 0.6 is 0 Å². The normalized spacial score (nSPS) is 17.5. The first-order chi connectivity index (χ1) is 10.1. The van der Waals surface area contributed by atoms with Gasteiger partial charge in [-0.3, -0.25) is 0 Å². The smallest absolute Gasteiger partial charge is 0.423 e. The van der Waals surface area contributed by atoms with E-state index in [1.54, 1.807) is 6.07 Å². The fourth-order valence-corrected chi connectivity index (χ4v) is 3.19. The SMILES string of the molecule is CC1Cc2ccccc2N(Cc2ccccc2B(O)O)C1. The Bertz CT molecular complexity index is 630. The zero-order valence-corrected chi connectivity index (χ0v) is 12.2. The number of fused-ring (bicyclic) bond motifs is 1. The summed E-state index contributed by atoms with van der Waals surface area (Å²) in [6.07, 6.45) is 1.11. The molecule has 0 amide bonds. The van der Waals surface area contributed by atoms with Crippen LogP contribution < -0.4 is 10.4 Å². The van der Waals surface area contributed by atoms with E-state index in [0.717, 1.165) is 18.5 Å². The van der Waals surface area contributed by atoms with Crippen LogP contribution in [0.2, 0.25) is 0 Å². The van der Waals surface area contributed by atoms with Crippen LogP contribution in [0.4, 0.5) is 5.69 Å². The van der Waals surface area contributed by atoms with Crippen molar-refractivity contribution in [3.05, 3.63) is 59.7 Å². The fourth-order valence-electron chi connectivity index (χ4n) is 3.19. The molecule has 3 rings (SSSR count). The van der Waals surface area contributed by atoms with E-state index in [0.29, 0.717) is 17.9 Å². The van der Waals surface area contributed by atoms with Crippen molar-refractivity contribution in [1.82, 2.24) is 0 Å². The molecule has 0 aromatic heterocycles. The molecule has 0 radical (unpaired) electrons. The zero-order chi connectivity index (χ0) is 14.8. The van der Waals surface area contributed by atoms with Crippen molar-refractivity contribution in [2.45, 2.75) is 19.9 Å². The third-order valence-electron chi connectivity index (χ3n) is 4.13. The Hall–Kier alpha value is -1.78. The van der Waals surface area contributed by atoms with Crippen molar-refractivity contribution in [1.29, 1.82) is 0 Å². The van der Waals surface area contributed by atoms with E-state index in [9.17, 15) is 10.0 Å². The molecule has 4 heteroatoms. The Labute approximate surface area is 126 Å². The monoisotopic (exact) mass is 281 g/mol. The van der Waals surface area contributed by atoms with Gasteiger partial charge in [-0.25, -0.2) is 0 Å². The van der Waals surface area contributed by atoms with E-state index in [1.807, 2.05) is 18.2 Å². The Morgan fingerprint density at radius 2 is 1.81 bits per heavy atom. The summed E-state index contributed by atoms with van der Waals surface area (Å²) in [6.45, 7) is 3.96. The third-order valence-corrected chi connectivity index (χ3v) is 4.13. The van der Waals surface area contributed by atoms with E-state index >= 15 is 0 Å². The minimum atomic E-state index is -1.42. The Balaban J connectivity index is 1.92. The van der Waals surface area contributed by atoms with Crippen LogP contribution in [0.25, 0.3) is 0 Å². The topological polar surface area (TPSA) is 43.7 Å². The van der Waals surface area contributed by atoms with Gasteiger partial charge in [0.25, 0.3) is 0 Å². The number of benzene rings is 2. The highest BCUT2D eigenvalue weighted by atomic mass is 16.4. The zero-order valence-electron chi connectivity index (χ0n) is 12.2. The molecular weight excluding hydrogens is 261 g/mol. The summed E-state index contributed by atoms with van der Waals surface area (Å²) < 4.78 is 0. The summed E-state index contributed by atoms with van der Waals surface area (Å²) in [5, 5.41) is 19.0. The third kappa shape index (κ3) is 2.97. The minimum Gasteiger partial charge on any atom is -0.423 e. The lowest BCUT2D eigenvalue weighted by Gasteiger charge is -2.35. The molecule has 1 heterocycles. The van der Waals surface area contributed by atoms with Gasteiger partial charge in [-0.05, 0) is 35.0 Å². The number of hydrogen-bond donors (Lipinski definition) is 2. The molecule has 0 aliphatic carbocycles. The first kappa shape index (κ1) is 14.2. The number of anilines is 1. The molecule has 0 bridgehead atoms. The van der Waals surface area contributed by atoms with Crippen LogP contribution in [-0.2, 0) is 13.0 Å². The maximum absolute atomic E-state index is 9.52. The molecule has 1 aliphatic heterocycles. The van der Waals surface area contributed by atoms with Crippen molar-refractivity contribution in [2.24, 2.45) is 5.92 Å². The van der Waals surface area contributed by atoms with Gasteiger partial charge in [0.05, 0.1) is 0 Å². The molecule has 108 valence electrons. The highest BCUT2D eigenvalue weighted by Crippen LogP contribution is 2.30. The predicted octanol–water partition coefficient (Wildman–Crippen LogP) is 1.57. The quantitative estimate of drug-likeness (QED) is 0.839. The summed E-state index contributed by atoms with van der Waals surface area (Å²) in [7, 11) is -1.42. The van der Waals surface area contributed by atoms with Crippen LogP contribution in [-0.4, -0.2) is 23.7 Å². The first-order valence-electron chi connectivity index (χ1n) is 7.42. The van der Waals surface area contributed by atoms with Gasteiger partial charge in [-0.15, -0.1) is 0 Å². The average Bonchev–Trinajstić information content (AvgIpc) is 2.47. The molecule has 21 heavy (non-hydrogen) atoms. The second-order valence-electron chi connectivity index (χ2n) is 5.89. The number of rotatable bonds is 3. The standard InChI is InChI=1S/C17H20BNO2/c1-13-10-14-6-3-5-9-17(14)19(11-13)12-15-7-2-4-8-16(15)18(20)21/h2-9,13,20-21H,10-12H2,1H3. The van der Waals surface area contributed by atoms with Gasteiger partial charge >= 0.3 is 7.12 Å². The van der Waals surface area contributed by atoms with Gasteiger partial charge in [0.2, 0.25) is 0 Å². The highest BCUT2D eigenvalue weighted by Gasteiger charge is 2.23. The molecule has 1 aliphatic rings. The van der Waals surface area contributed by atoms with Crippen LogP contribution in [0.1, 0.15) is 18.1 Å². The maximum atomic E-state index is 9.52. The van der Waals surface area contributed by atoms with E-state index in [4.69, 9.17) is 0 Å². The molecule has 2 N–H and O–H groups in total. The average molecular weight is 281 g/mol. The lowest BCUT2D eigenvalue weighted by Crippen LogP contribution is -2.38. The lowest BCUT2D eigenvalue weighted by atomic mass is 9.77.